The number of benzene rings is 1. The zero-order valence-corrected chi connectivity index (χ0v) is 15.4. The van der Waals surface area contributed by atoms with Crippen LogP contribution in [0, 0.1) is 5.92 Å². The fourth-order valence-electron chi connectivity index (χ4n) is 2.94. The first-order valence-corrected chi connectivity index (χ1v) is 9.79. The Balaban J connectivity index is 1.48. The fourth-order valence-corrected chi connectivity index (χ4v) is 4.19. The van der Waals surface area contributed by atoms with Gasteiger partial charge in [0.15, 0.2) is 0 Å². The van der Waals surface area contributed by atoms with E-state index >= 15 is 0 Å². The molecule has 0 aliphatic carbocycles. The van der Waals surface area contributed by atoms with Crippen molar-refractivity contribution < 1.29 is 9.59 Å². The Hall–Kier alpha value is -0.950. The average molecular weight is 388 g/mol. The molecule has 2 fully saturated rings. The van der Waals surface area contributed by atoms with Gasteiger partial charge in [-0.25, -0.2) is 0 Å². The van der Waals surface area contributed by atoms with Crippen molar-refractivity contribution in [2.24, 2.45) is 5.92 Å². The van der Waals surface area contributed by atoms with Gasteiger partial charge in [0.25, 0.3) is 5.91 Å². The van der Waals surface area contributed by atoms with Gasteiger partial charge in [-0.1, -0.05) is 23.2 Å². The van der Waals surface area contributed by atoms with Gasteiger partial charge >= 0.3 is 0 Å². The van der Waals surface area contributed by atoms with Crippen LogP contribution >= 0.6 is 35.0 Å². The molecule has 2 unspecified atom stereocenters. The number of amides is 2. The Morgan fingerprint density at radius 3 is 2.88 bits per heavy atom. The third kappa shape index (κ3) is 4.17. The lowest BCUT2D eigenvalue weighted by molar-refractivity contribution is -0.131. The smallest absolute Gasteiger partial charge is 0.251 e. The van der Waals surface area contributed by atoms with Gasteiger partial charge in [-0.05, 0) is 30.5 Å². The summed E-state index contributed by atoms with van der Waals surface area (Å²) in [6.45, 7) is 2.10. The summed E-state index contributed by atoms with van der Waals surface area (Å²) < 4.78 is 0. The third-order valence-corrected chi connectivity index (χ3v) is 6.02. The van der Waals surface area contributed by atoms with Crippen LogP contribution in [0.15, 0.2) is 18.2 Å². The SMILES string of the molecule is O=C(NCC1CNC(C(=O)N2CCSC2)C1)c1ccc(Cl)c(Cl)c1. The lowest BCUT2D eigenvalue weighted by Gasteiger charge is -2.19. The van der Waals surface area contributed by atoms with Gasteiger partial charge in [-0.2, -0.15) is 0 Å². The molecule has 2 aliphatic rings. The molecule has 2 heterocycles. The van der Waals surface area contributed by atoms with Crippen molar-refractivity contribution in [3.63, 3.8) is 0 Å². The van der Waals surface area contributed by atoms with Crippen molar-refractivity contribution in [3.8, 4) is 0 Å². The summed E-state index contributed by atoms with van der Waals surface area (Å²) in [4.78, 5) is 26.4. The molecule has 3 rings (SSSR count). The first kappa shape index (κ1) is 17.9. The molecule has 0 spiro atoms. The van der Waals surface area contributed by atoms with E-state index in [4.69, 9.17) is 23.2 Å². The Kier molecular flexibility index (Phi) is 5.92. The molecule has 1 aromatic rings. The predicted octanol–water partition coefficient (Wildman–Crippen LogP) is 2.23. The Bertz CT molecular complexity index is 638. The maximum absolute atomic E-state index is 12.4. The summed E-state index contributed by atoms with van der Waals surface area (Å²) in [5.74, 6) is 2.05. The van der Waals surface area contributed by atoms with Crippen LogP contribution in [-0.2, 0) is 4.79 Å². The number of carbonyl (C=O) groups excluding carboxylic acids is 2. The first-order valence-electron chi connectivity index (χ1n) is 7.88. The standard InChI is InChI=1S/C16H19Cl2N3O2S/c17-12-2-1-11(6-13(12)18)15(22)20-8-10-5-14(19-7-10)16(23)21-3-4-24-9-21/h1-2,6,10,14,19H,3-5,7-9H2,(H,20,22). The molecule has 2 saturated heterocycles. The summed E-state index contributed by atoms with van der Waals surface area (Å²) in [5.41, 5.74) is 0.483. The lowest BCUT2D eigenvalue weighted by Crippen LogP contribution is -2.42. The van der Waals surface area contributed by atoms with E-state index in [0.29, 0.717) is 22.2 Å². The molecule has 24 heavy (non-hydrogen) atoms. The second-order valence-electron chi connectivity index (χ2n) is 6.04. The largest absolute Gasteiger partial charge is 0.352 e. The van der Waals surface area contributed by atoms with Crippen LogP contribution in [0.3, 0.4) is 0 Å². The van der Waals surface area contributed by atoms with E-state index in [2.05, 4.69) is 10.6 Å². The van der Waals surface area contributed by atoms with E-state index < -0.39 is 0 Å². The van der Waals surface area contributed by atoms with Crippen LogP contribution < -0.4 is 10.6 Å². The number of thioether (sulfide) groups is 1. The lowest BCUT2D eigenvalue weighted by atomic mass is 10.0. The molecule has 1 aromatic carbocycles. The number of rotatable bonds is 4. The monoisotopic (exact) mass is 387 g/mol. The number of hydrogen-bond donors (Lipinski definition) is 2. The van der Waals surface area contributed by atoms with Gasteiger partial charge in [-0.3, -0.25) is 9.59 Å². The highest BCUT2D eigenvalue weighted by molar-refractivity contribution is 7.99. The summed E-state index contributed by atoms with van der Waals surface area (Å²) in [5, 5.41) is 6.97. The molecule has 0 radical (unpaired) electrons. The van der Waals surface area contributed by atoms with Crippen LogP contribution in [0.5, 0.6) is 0 Å². The van der Waals surface area contributed by atoms with E-state index in [1.807, 2.05) is 4.90 Å². The second kappa shape index (κ2) is 7.95. The Labute approximate surface area is 155 Å². The molecular weight excluding hydrogens is 369 g/mol. The molecule has 0 aromatic heterocycles. The number of hydrogen-bond acceptors (Lipinski definition) is 4. The molecule has 0 saturated carbocycles. The summed E-state index contributed by atoms with van der Waals surface area (Å²) in [6.07, 6.45) is 0.752. The van der Waals surface area contributed by atoms with Crippen molar-refractivity contribution in [3.05, 3.63) is 33.8 Å². The van der Waals surface area contributed by atoms with Gasteiger partial charge in [0.05, 0.1) is 22.0 Å². The van der Waals surface area contributed by atoms with Crippen molar-refractivity contribution in [2.75, 3.05) is 31.3 Å². The van der Waals surface area contributed by atoms with E-state index in [1.54, 1.807) is 30.0 Å². The minimum absolute atomic E-state index is 0.129. The van der Waals surface area contributed by atoms with Crippen LogP contribution in [0.25, 0.3) is 0 Å². The third-order valence-electron chi connectivity index (χ3n) is 4.32. The maximum Gasteiger partial charge on any atom is 0.251 e. The van der Waals surface area contributed by atoms with E-state index in [1.165, 1.54) is 0 Å². The zero-order chi connectivity index (χ0) is 17.1. The highest BCUT2D eigenvalue weighted by Gasteiger charge is 2.33. The molecule has 2 atom stereocenters. The normalized spacial score (nSPS) is 23.5. The Morgan fingerprint density at radius 1 is 1.33 bits per heavy atom. The minimum Gasteiger partial charge on any atom is -0.352 e. The predicted molar refractivity (Wildman–Crippen MR) is 97.7 cm³/mol. The zero-order valence-electron chi connectivity index (χ0n) is 13.1. The highest BCUT2D eigenvalue weighted by Crippen LogP contribution is 2.23. The van der Waals surface area contributed by atoms with Crippen molar-refractivity contribution >= 4 is 46.8 Å². The van der Waals surface area contributed by atoms with Crippen LogP contribution in [0.2, 0.25) is 10.0 Å². The molecule has 5 nitrogen and oxygen atoms in total. The number of carbonyl (C=O) groups is 2. The topological polar surface area (TPSA) is 61.4 Å². The van der Waals surface area contributed by atoms with E-state index in [9.17, 15) is 9.59 Å². The van der Waals surface area contributed by atoms with Crippen LogP contribution in [-0.4, -0.2) is 54.0 Å². The quantitative estimate of drug-likeness (QED) is 0.831. The fraction of sp³-hybridized carbons (Fsp3) is 0.500. The maximum atomic E-state index is 12.4. The molecule has 2 N–H and O–H groups in total. The number of nitrogens with zero attached hydrogens (tertiary/aromatic N) is 1. The van der Waals surface area contributed by atoms with Crippen LogP contribution in [0.4, 0.5) is 0 Å². The van der Waals surface area contributed by atoms with Gasteiger partial charge in [0.2, 0.25) is 5.91 Å². The van der Waals surface area contributed by atoms with Crippen LogP contribution in [0.1, 0.15) is 16.8 Å². The van der Waals surface area contributed by atoms with Gasteiger partial charge in [0, 0.05) is 31.0 Å². The molecule has 0 bridgehead atoms. The highest BCUT2D eigenvalue weighted by atomic mass is 35.5. The van der Waals surface area contributed by atoms with E-state index in [0.717, 1.165) is 31.1 Å². The number of nitrogens with one attached hydrogen (secondary N) is 2. The summed E-state index contributed by atoms with van der Waals surface area (Å²) in [6, 6.07) is 4.69. The average Bonchev–Trinajstić information content (AvgIpc) is 3.26. The van der Waals surface area contributed by atoms with Crippen molar-refractivity contribution in [2.45, 2.75) is 12.5 Å². The number of halogens is 2. The summed E-state index contributed by atoms with van der Waals surface area (Å²) >= 11 is 13.6. The Morgan fingerprint density at radius 2 is 2.17 bits per heavy atom. The molecule has 2 amide bonds. The minimum atomic E-state index is -0.181. The van der Waals surface area contributed by atoms with Gasteiger partial charge < -0.3 is 15.5 Å². The molecule has 8 heteroatoms. The van der Waals surface area contributed by atoms with Gasteiger partial charge in [-0.15, -0.1) is 11.8 Å². The summed E-state index contributed by atoms with van der Waals surface area (Å²) in [7, 11) is 0. The van der Waals surface area contributed by atoms with Crippen molar-refractivity contribution in [1.29, 1.82) is 0 Å². The molecule has 2 aliphatic heterocycles. The second-order valence-corrected chi connectivity index (χ2v) is 7.93. The van der Waals surface area contributed by atoms with E-state index in [-0.39, 0.29) is 23.8 Å². The molecular formula is C16H19Cl2N3O2S. The van der Waals surface area contributed by atoms with Gasteiger partial charge in [0.1, 0.15) is 0 Å². The molecule has 130 valence electrons. The first-order chi connectivity index (χ1) is 11.5. The van der Waals surface area contributed by atoms with Crippen molar-refractivity contribution in [1.82, 2.24) is 15.5 Å².